The van der Waals surface area contributed by atoms with Gasteiger partial charge in [-0.25, -0.2) is 17.8 Å². The van der Waals surface area contributed by atoms with Crippen LogP contribution in [0, 0.1) is 5.82 Å². The molecule has 5 nitrogen and oxygen atoms in total. The smallest absolute Gasteiger partial charge is 0.175 e. The lowest BCUT2D eigenvalue weighted by Gasteiger charge is -2.04. The Labute approximate surface area is 103 Å². The van der Waals surface area contributed by atoms with Gasteiger partial charge in [0.15, 0.2) is 9.84 Å². The van der Waals surface area contributed by atoms with E-state index in [4.69, 9.17) is 5.73 Å². The quantitative estimate of drug-likeness (QED) is 0.885. The van der Waals surface area contributed by atoms with E-state index in [1.807, 2.05) is 0 Å². The second-order valence-corrected chi connectivity index (χ2v) is 5.76. The minimum atomic E-state index is -3.43. The maximum Gasteiger partial charge on any atom is 0.175 e. The van der Waals surface area contributed by atoms with Gasteiger partial charge in [-0.15, -0.1) is 0 Å². The molecule has 2 N–H and O–H groups in total. The van der Waals surface area contributed by atoms with Crippen LogP contribution < -0.4 is 5.73 Å². The minimum absolute atomic E-state index is 0.0767. The van der Waals surface area contributed by atoms with Gasteiger partial charge in [0.25, 0.3) is 0 Å². The minimum Gasteiger partial charge on any atom is -0.382 e. The van der Waals surface area contributed by atoms with Gasteiger partial charge in [-0.05, 0) is 18.2 Å². The van der Waals surface area contributed by atoms with Gasteiger partial charge in [0.05, 0.1) is 23.0 Å². The normalized spacial score (nSPS) is 11.4. The standard InChI is InChI=1S/C11H10FN3O2S/c1-18(16,17)7-2-3-8(9(12)4-7)10-5-15-11(13)6-14-10/h2-6H,1H3,(H2,13,15). The van der Waals surface area contributed by atoms with Crippen molar-refractivity contribution >= 4 is 15.7 Å². The highest BCUT2D eigenvalue weighted by Crippen LogP contribution is 2.23. The number of rotatable bonds is 2. The Bertz CT molecular complexity index is 684. The number of hydrogen-bond donors (Lipinski definition) is 1. The summed E-state index contributed by atoms with van der Waals surface area (Å²) in [6.07, 6.45) is 3.65. The molecule has 0 aliphatic rings. The van der Waals surface area contributed by atoms with Crippen molar-refractivity contribution in [2.75, 3.05) is 12.0 Å². The first-order valence-corrected chi connectivity index (χ1v) is 6.84. The van der Waals surface area contributed by atoms with Gasteiger partial charge in [-0.1, -0.05) is 0 Å². The summed E-state index contributed by atoms with van der Waals surface area (Å²) in [6, 6.07) is 3.64. The SMILES string of the molecule is CS(=O)(=O)c1ccc(-c2cnc(N)cn2)c(F)c1. The zero-order valence-electron chi connectivity index (χ0n) is 9.46. The molecule has 1 aromatic heterocycles. The predicted octanol–water partition coefficient (Wildman–Crippen LogP) is 1.27. The number of anilines is 1. The number of nitrogen functional groups attached to an aromatic ring is 1. The van der Waals surface area contributed by atoms with Crippen LogP contribution in [0.5, 0.6) is 0 Å². The number of hydrogen-bond acceptors (Lipinski definition) is 5. The topological polar surface area (TPSA) is 85.9 Å². The third kappa shape index (κ3) is 2.45. The van der Waals surface area contributed by atoms with Gasteiger partial charge in [0.1, 0.15) is 11.6 Å². The molecule has 0 saturated heterocycles. The Morgan fingerprint density at radius 1 is 1.22 bits per heavy atom. The average Bonchev–Trinajstić information content (AvgIpc) is 2.29. The second kappa shape index (κ2) is 4.34. The average molecular weight is 267 g/mol. The first-order valence-electron chi connectivity index (χ1n) is 4.95. The maximum absolute atomic E-state index is 13.8. The van der Waals surface area contributed by atoms with E-state index in [1.54, 1.807) is 0 Å². The van der Waals surface area contributed by atoms with Gasteiger partial charge in [0, 0.05) is 11.8 Å². The summed E-state index contributed by atoms with van der Waals surface area (Å²) in [4.78, 5) is 7.65. The van der Waals surface area contributed by atoms with Crippen molar-refractivity contribution in [3.8, 4) is 11.3 Å². The van der Waals surface area contributed by atoms with Crippen LogP contribution in [0.3, 0.4) is 0 Å². The van der Waals surface area contributed by atoms with Crippen LogP contribution in [0.25, 0.3) is 11.3 Å². The van der Waals surface area contributed by atoms with Crippen LogP contribution in [-0.2, 0) is 9.84 Å². The molecule has 7 heteroatoms. The molecule has 2 aromatic rings. The largest absolute Gasteiger partial charge is 0.382 e. The zero-order chi connectivity index (χ0) is 13.3. The van der Waals surface area contributed by atoms with Crippen molar-refractivity contribution in [3.63, 3.8) is 0 Å². The summed E-state index contributed by atoms with van der Waals surface area (Å²) in [5.74, 6) is -0.441. The van der Waals surface area contributed by atoms with Gasteiger partial charge < -0.3 is 5.73 Å². The molecule has 0 fully saturated rings. The molecule has 0 aliphatic carbocycles. The summed E-state index contributed by atoms with van der Waals surface area (Å²) in [5, 5.41) is 0. The number of halogens is 1. The first-order chi connectivity index (χ1) is 8.38. The van der Waals surface area contributed by atoms with Gasteiger partial charge in [-0.3, -0.25) is 4.98 Å². The summed E-state index contributed by atoms with van der Waals surface area (Å²) in [5.41, 5.74) is 5.85. The van der Waals surface area contributed by atoms with E-state index in [1.165, 1.54) is 24.5 Å². The first kappa shape index (κ1) is 12.4. The van der Waals surface area contributed by atoms with Gasteiger partial charge in [-0.2, -0.15) is 0 Å². The molecular weight excluding hydrogens is 257 g/mol. The lowest BCUT2D eigenvalue weighted by atomic mass is 10.1. The summed E-state index contributed by atoms with van der Waals surface area (Å²) in [6.45, 7) is 0. The molecule has 18 heavy (non-hydrogen) atoms. The maximum atomic E-state index is 13.8. The lowest BCUT2D eigenvalue weighted by molar-refractivity contribution is 0.596. The molecule has 0 amide bonds. The van der Waals surface area contributed by atoms with Crippen molar-refractivity contribution in [2.45, 2.75) is 4.90 Å². The summed E-state index contributed by atoms with van der Waals surface area (Å²) < 4.78 is 36.3. The molecular formula is C11H10FN3O2S. The van der Waals surface area contributed by atoms with E-state index in [9.17, 15) is 12.8 Å². The van der Waals surface area contributed by atoms with E-state index < -0.39 is 15.7 Å². The fourth-order valence-electron chi connectivity index (χ4n) is 1.41. The van der Waals surface area contributed by atoms with Crippen LogP contribution in [0.1, 0.15) is 0 Å². The highest BCUT2D eigenvalue weighted by molar-refractivity contribution is 7.90. The van der Waals surface area contributed by atoms with Crippen molar-refractivity contribution in [3.05, 3.63) is 36.4 Å². The van der Waals surface area contributed by atoms with Crippen molar-refractivity contribution in [2.24, 2.45) is 0 Å². The lowest BCUT2D eigenvalue weighted by Crippen LogP contribution is -1.99. The van der Waals surface area contributed by atoms with Crippen LogP contribution >= 0.6 is 0 Å². The number of benzene rings is 1. The molecule has 0 aliphatic heterocycles. The Kier molecular flexibility index (Phi) is 3.00. The number of sulfone groups is 1. The fourth-order valence-corrected chi connectivity index (χ4v) is 2.04. The molecule has 0 spiro atoms. The van der Waals surface area contributed by atoms with Crippen molar-refractivity contribution in [1.82, 2.24) is 9.97 Å². The molecule has 2 rings (SSSR count). The van der Waals surface area contributed by atoms with E-state index in [-0.39, 0.29) is 16.3 Å². The molecule has 0 unspecified atom stereocenters. The van der Waals surface area contributed by atoms with Gasteiger partial charge in [0.2, 0.25) is 0 Å². The van der Waals surface area contributed by atoms with Gasteiger partial charge >= 0.3 is 0 Å². The monoisotopic (exact) mass is 267 g/mol. The van der Waals surface area contributed by atoms with Crippen LogP contribution in [0.15, 0.2) is 35.5 Å². The molecule has 1 aromatic carbocycles. The summed E-state index contributed by atoms with van der Waals surface area (Å²) >= 11 is 0. The molecule has 1 heterocycles. The zero-order valence-corrected chi connectivity index (χ0v) is 10.3. The van der Waals surface area contributed by atoms with E-state index in [0.29, 0.717) is 5.69 Å². The molecule has 0 atom stereocenters. The predicted molar refractivity (Wildman–Crippen MR) is 64.9 cm³/mol. The van der Waals surface area contributed by atoms with Crippen molar-refractivity contribution < 1.29 is 12.8 Å². The highest BCUT2D eigenvalue weighted by Gasteiger charge is 2.12. The third-order valence-corrected chi connectivity index (χ3v) is 3.43. The Balaban J connectivity index is 2.51. The molecule has 0 saturated carbocycles. The van der Waals surface area contributed by atoms with Crippen LogP contribution in [0.4, 0.5) is 10.2 Å². The van der Waals surface area contributed by atoms with Crippen molar-refractivity contribution in [1.29, 1.82) is 0 Å². The second-order valence-electron chi connectivity index (χ2n) is 3.74. The molecule has 0 bridgehead atoms. The Hall–Kier alpha value is -2.02. The highest BCUT2D eigenvalue weighted by atomic mass is 32.2. The Morgan fingerprint density at radius 3 is 2.44 bits per heavy atom. The summed E-state index contributed by atoms with van der Waals surface area (Å²) in [7, 11) is -3.43. The van der Waals surface area contributed by atoms with E-state index in [0.717, 1.165) is 12.3 Å². The number of aromatic nitrogens is 2. The van der Waals surface area contributed by atoms with Crippen LogP contribution in [0.2, 0.25) is 0 Å². The van der Waals surface area contributed by atoms with E-state index in [2.05, 4.69) is 9.97 Å². The molecule has 0 radical (unpaired) electrons. The fraction of sp³-hybridized carbons (Fsp3) is 0.0909. The molecule has 94 valence electrons. The van der Waals surface area contributed by atoms with Crippen LogP contribution in [-0.4, -0.2) is 24.6 Å². The number of nitrogens with zero attached hydrogens (tertiary/aromatic N) is 2. The van der Waals surface area contributed by atoms with E-state index >= 15 is 0 Å². The number of nitrogens with two attached hydrogens (primary N) is 1. The Morgan fingerprint density at radius 2 is 1.94 bits per heavy atom. The third-order valence-electron chi connectivity index (χ3n) is 2.32.